The van der Waals surface area contributed by atoms with E-state index in [0.717, 1.165) is 6.07 Å². The first-order chi connectivity index (χ1) is 12.4. The van der Waals surface area contributed by atoms with Crippen LogP contribution in [0.5, 0.6) is 0 Å². The van der Waals surface area contributed by atoms with Gasteiger partial charge in [0.15, 0.2) is 23.1 Å². The van der Waals surface area contributed by atoms with Crippen LogP contribution in [-0.4, -0.2) is 20.6 Å². The van der Waals surface area contributed by atoms with Gasteiger partial charge in [-0.1, -0.05) is 0 Å². The van der Waals surface area contributed by atoms with Gasteiger partial charge in [0, 0.05) is 18.3 Å². The number of halogens is 3. The van der Waals surface area contributed by atoms with E-state index in [1.807, 2.05) is 0 Å². The largest absolute Gasteiger partial charge is 0.318 e. The number of nitro benzene ring substituents is 1. The number of benzene rings is 2. The normalized spacial score (nSPS) is 10.6. The van der Waals surface area contributed by atoms with Crippen molar-refractivity contribution in [3.05, 3.63) is 81.9 Å². The van der Waals surface area contributed by atoms with Gasteiger partial charge in [-0.25, -0.2) is 17.9 Å². The Labute approximate surface area is 143 Å². The van der Waals surface area contributed by atoms with Gasteiger partial charge in [-0.2, -0.15) is 5.10 Å². The van der Waals surface area contributed by atoms with E-state index in [0.29, 0.717) is 11.8 Å². The van der Waals surface area contributed by atoms with Crippen molar-refractivity contribution in [2.75, 3.05) is 5.32 Å². The minimum absolute atomic E-state index is 0.104. The number of hydrogen-bond acceptors (Lipinski definition) is 4. The van der Waals surface area contributed by atoms with Crippen LogP contribution in [-0.2, 0) is 0 Å². The van der Waals surface area contributed by atoms with Gasteiger partial charge >= 0.3 is 0 Å². The van der Waals surface area contributed by atoms with E-state index < -0.39 is 34.0 Å². The molecular weight excluding hydrogens is 353 g/mol. The zero-order valence-electron chi connectivity index (χ0n) is 12.8. The van der Waals surface area contributed by atoms with Crippen LogP contribution < -0.4 is 5.32 Å². The van der Waals surface area contributed by atoms with Crippen molar-refractivity contribution in [3.63, 3.8) is 0 Å². The highest BCUT2D eigenvalue weighted by Gasteiger charge is 2.17. The summed E-state index contributed by atoms with van der Waals surface area (Å²) in [4.78, 5) is 22.2. The Morgan fingerprint density at radius 2 is 1.73 bits per heavy atom. The van der Waals surface area contributed by atoms with Crippen molar-refractivity contribution in [1.82, 2.24) is 9.78 Å². The van der Waals surface area contributed by atoms with Crippen LogP contribution in [0, 0.1) is 27.6 Å². The van der Waals surface area contributed by atoms with Crippen LogP contribution in [0.2, 0.25) is 0 Å². The quantitative estimate of drug-likeness (QED) is 0.437. The summed E-state index contributed by atoms with van der Waals surface area (Å²) in [7, 11) is 0. The number of anilines is 1. The number of amides is 1. The zero-order valence-corrected chi connectivity index (χ0v) is 12.8. The van der Waals surface area contributed by atoms with Gasteiger partial charge < -0.3 is 5.32 Å². The smallest absolute Gasteiger partial charge is 0.276 e. The first kappa shape index (κ1) is 17.1. The Balaban J connectivity index is 1.80. The number of hydrogen-bond donors (Lipinski definition) is 1. The molecule has 0 unspecified atom stereocenters. The minimum Gasteiger partial charge on any atom is -0.318 e. The van der Waals surface area contributed by atoms with Gasteiger partial charge in [0.05, 0.1) is 16.3 Å². The third-order valence-corrected chi connectivity index (χ3v) is 3.43. The second-order valence-corrected chi connectivity index (χ2v) is 5.10. The van der Waals surface area contributed by atoms with Crippen LogP contribution in [0.25, 0.3) is 5.69 Å². The van der Waals surface area contributed by atoms with Crippen molar-refractivity contribution in [2.45, 2.75) is 0 Å². The van der Waals surface area contributed by atoms with Crippen molar-refractivity contribution in [1.29, 1.82) is 0 Å². The molecule has 1 N–H and O–H groups in total. The topological polar surface area (TPSA) is 90.1 Å². The van der Waals surface area contributed by atoms with E-state index in [1.54, 1.807) is 0 Å². The summed E-state index contributed by atoms with van der Waals surface area (Å²) in [5.74, 6) is -5.43. The number of carbonyl (C=O) groups is 1. The molecule has 1 heterocycles. The van der Waals surface area contributed by atoms with E-state index in [2.05, 4.69) is 10.4 Å². The van der Waals surface area contributed by atoms with Crippen LogP contribution in [0.4, 0.5) is 24.5 Å². The van der Waals surface area contributed by atoms with Crippen molar-refractivity contribution < 1.29 is 22.9 Å². The Hall–Kier alpha value is -3.69. The van der Waals surface area contributed by atoms with Crippen LogP contribution in [0.1, 0.15) is 10.5 Å². The number of carbonyl (C=O) groups excluding carboxylic acids is 1. The Kier molecular flexibility index (Phi) is 4.40. The first-order valence-corrected chi connectivity index (χ1v) is 7.12. The monoisotopic (exact) mass is 362 g/mol. The summed E-state index contributed by atoms with van der Waals surface area (Å²) in [6.45, 7) is 0. The Morgan fingerprint density at radius 3 is 2.38 bits per heavy atom. The van der Waals surface area contributed by atoms with Crippen LogP contribution in [0.3, 0.4) is 0 Å². The van der Waals surface area contributed by atoms with E-state index in [-0.39, 0.29) is 11.4 Å². The molecule has 3 rings (SSSR count). The summed E-state index contributed by atoms with van der Waals surface area (Å²) >= 11 is 0. The molecule has 0 saturated heterocycles. The van der Waals surface area contributed by atoms with Crippen LogP contribution >= 0.6 is 0 Å². The summed E-state index contributed by atoms with van der Waals surface area (Å²) in [6, 6.07) is 8.29. The second kappa shape index (κ2) is 6.67. The van der Waals surface area contributed by atoms with Gasteiger partial charge in [-0.3, -0.25) is 14.9 Å². The fourth-order valence-electron chi connectivity index (χ4n) is 2.12. The minimum atomic E-state index is -1.70. The number of nitrogens with one attached hydrogen (secondary N) is 1. The van der Waals surface area contributed by atoms with Crippen molar-refractivity contribution >= 4 is 17.3 Å². The van der Waals surface area contributed by atoms with Gasteiger partial charge in [-0.15, -0.1) is 0 Å². The maximum Gasteiger partial charge on any atom is 0.276 e. The van der Waals surface area contributed by atoms with Gasteiger partial charge in [0.1, 0.15) is 0 Å². The summed E-state index contributed by atoms with van der Waals surface area (Å²) in [5, 5.41) is 16.7. The fourth-order valence-corrected chi connectivity index (χ4v) is 2.12. The molecule has 0 bridgehead atoms. The summed E-state index contributed by atoms with van der Waals surface area (Å²) < 4.78 is 41.0. The van der Waals surface area contributed by atoms with Crippen LogP contribution in [0.15, 0.2) is 48.7 Å². The lowest BCUT2D eigenvalue weighted by molar-refractivity contribution is -0.384. The molecule has 0 saturated carbocycles. The van der Waals surface area contributed by atoms with Gasteiger partial charge in [0.25, 0.3) is 11.6 Å². The molecule has 1 amide bonds. The number of non-ortho nitro benzene ring substituents is 1. The highest BCUT2D eigenvalue weighted by Crippen LogP contribution is 2.20. The van der Waals surface area contributed by atoms with E-state index >= 15 is 0 Å². The average molecular weight is 362 g/mol. The Bertz CT molecular complexity index is 1000. The van der Waals surface area contributed by atoms with E-state index in [9.17, 15) is 28.1 Å². The molecule has 1 aromatic heterocycles. The average Bonchev–Trinajstić information content (AvgIpc) is 3.12. The molecule has 10 heteroatoms. The molecule has 3 aromatic rings. The molecule has 26 heavy (non-hydrogen) atoms. The SMILES string of the molecule is O=C(Nc1ccc(F)c(F)c1F)c1ccn(-c2ccc([N+](=O)[O-])cc2)n1. The molecule has 7 nitrogen and oxygen atoms in total. The molecule has 0 aliphatic carbocycles. The van der Waals surface area contributed by atoms with Crippen molar-refractivity contribution in [3.8, 4) is 5.69 Å². The lowest BCUT2D eigenvalue weighted by Gasteiger charge is -2.06. The fraction of sp³-hybridized carbons (Fsp3) is 0. The van der Waals surface area contributed by atoms with Gasteiger partial charge in [0.2, 0.25) is 0 Å². The number of nitrogens with zero attached hydrogens (tertiary/aromatic N) is 3. The number of aromatic nitrogens is 2. The highest BCUT2D eigenvalue weighted by atomic mass is 19.2. The molecule has 0 atom stereocenters. The predicted octanol–water partition coefficient (Wildman–Crippen LogP) is 3.45. The van der Waals surface area contributed by atoms with Gasteiger partial charge in [-0.05, 0) is 30.3 Å². The molecule has 0 spiro atoms. The molecule has 0 fully saturated rings. The predicted molar refractivity (Wildman–Crippen MR) is 84.5 cm³/mol. The number of rotatable bonds is 4. The third-order valence-electron chi connectivity index (χ3n) is 3.43. The lowest BCUT2D eigenvalue weighted by Crippen LogP contribution is -2.15. The van der Waals surface area contributed by atoms with E-state index in [4.69, 9.17) is 0 Å². The molecule has 0 aliphatic heterocycles. The second-order valence-electron chi connectivity index (χ2n) is 5.10. The maximum atomic E-state index is 13.6. The first-order valence-electron chi connectivity index (χ1n) is 7.12. The maximum absolute atomic E-state index is 13.6. The number of nitro groups is 1. The van der Waals surface area contributed by atoms with E-state index in [1.165, 1.54) is 41.2 Å². The molecule has 0 radical (unpaired) electrons. The summed E-state index contributed by atoms with van der Waals surface area (Å²) in [6.07, 6.45) is 1.41. The standard InChI is InChI=1S/C16H9F3N4O3/c17-11-5-6-12(15(19)14(11)18)20-16(24)13-7-8-22(21-13)9-1-3-10(4-2-9)23(25)26/h1-8H,(H,20,24). The third kappa shape index (κ3) is 3.24. The summed E-state index contributed by atoms with van der Waals surface area (Å²) in [5.41, 5.74) is -0.299. The van der Waals surface area contributed by atoms with Crippen molar-refractivity contribution in [2.24, 2.45) is 0 Å². The highest BCUT2D eigenvalue weighted by molar-refractivity contribution is 6.02. The molecule has 0 aliphatic rings. The lowest BCUT2D eigenvalue weighted by atomic mass is 10.2. The Morgan fingerprint density at radius 1 is 1.04 bits per heavy atom. The molecule has 2 aromatic carbocycles. The zero-order chi connectivity index (χ0) is 18.8. The molecule has 132 valence electrons. The molecular formula is C16H9F3N4O3.